The average molecular weight is 384 g/mol. The highest BCUT2D eigenvalue weighted by Gasteiger charge is 2.22. The molecule has 2 amide bonds. The molecule has 1 aliphatic rings. The van der Waals surface area contributed by atoms with Gasteiger partial charge in [-0.05, 0) is 37.5 Å². The molecule has 0 saturated carbocycles. The van der Waals surface area contributed by atoms with E-state index >= 15 is 0 Å². The van der Waals surface area contributed by atoms with Crippen LogP contribution in [0.2, 0.25) is 0 Å². The molecule has 0 aliphatic carbocycles. The molecule has 23 heavy (non-hydrogen) atoms. The minimum absolute atomic E-state index is 0.0823. The van der Waals surface area contributed by atoms with Gasteiger partial charge in [0.1, 0.15) is 0 Å². The van der Waals surface area contributed by atoms with E-state index in [-0.39, 0.29) is 12.5 Å². The molecule has 0 radical (unpaired) electrons. The lowest BCUT2D eigenvalue weighted by Crippen LogP contribution is -2.47. The van der Waals surface area contributed by atoms with Gasteiger partial charge in [0.2, 0.25) is 0 Å². The first-order valence-corrected chi connectivity index (χ1v) is 8.60. The van der Waals surface area contributed by atoms with E-state index in [9.17, 15) is 9.59 Å². The smallest absolute Gasteiger partial charge is 0.317 e. The fraction of sp³-hybridized carbons (Fsp3) is 0.500. The van der Waals surface area contributed by atoms with Gasteiger partial charge < -0.3 is 20.6 Å². The van der Waals surface area contributed by atoms with Crippen molar-refractivity contribution in [2.75, 3.05) is 25.0 Å². The Balaban J connectivity index is 1.69. The van der Waals surface area contributed by atoms with E-state index in [4.69, 9.17) is 5.11 Å². The molecule has 126 valence electrons. The Hall–Kier alpha value is -1.76. The van der Waals surface area contributed by atoms with Crippen molar-refractivity contribution in [3.63, 3.8) is 0 Å². The van der Waals surface area contributed by atoms with Crippen molar-refractivity contribution in [1.29, 1.82) is 0 Å². The van der Waals surface area contributed by atoms with Crippen LogP contribution in [-0.4, -0.2) is 47.7 Å². The lowest BCUT2D eigenvalue weighted by Gasteiger charge is -2.33. The Bertz CT molecular complexity index is 545. The average Bonchev–Trinajstić information content (AvgIpc) is 2.52. The number of urea groups is 1. The summed E-state index contributed by atoms with van der Waals surface area (Å²) in [6, 6.07) is 8.32. The van der Waals surface area contributed by atoms with Crippen molar-refractivity contribution >= 4 is 33.6 Å². The van der Waals surface area contributed by atoms with Gasteiger partial charge in [-0.1, -0.05) is 22.0 Å². The highest BCUT2D eigenvalue weighted by Crippen LogP contribution is 2.20. The van der Waals surface area contributed by atoms with E-state index in [1.165, 1.54) is 0 Å². The van der Waals surface area contributed by atoms with Gasteiger partial charge in [0.15, 0.2) is 0 Å². The van der Waals surface area contributed by atoms with Crippen LogP contribution in [0.5, 0.6) is 0 Å². The predicted octanol–water partition coefficient (Wildman–Crippen LogP) is 2.90. The summed E-state index contributed by atoms with van der Waals surface area (Å²) in [6.07, 6.45) is 2.34. The second-order valence-electron chi connectivity index (χ2n) is 5.65. The lowest BCUT2D eigenvalue weighted by atomic mass is 10.0. The minimum Gasteiger partial charge on any atom is -0.481 e. The minimum atomic E-state index is -0.835. The SMILES string of the molecule is O=C(O)CCCNC(=O)N1CCC(Nc2cccc(Br)c2)CC1. The van der Waals surface area contributed by atoms with Gasteiger partial charge >= 0.3 is 12.0 Å². The van der Waals surface area contributed by atoms with Crippen LogP contribution < -0.4 is 10.6 Å². The molecule has 0 bridgehead atoms. The van der Waals surface area contributed by atoms with Crippen LogP contribution in [0, 0.1) is 0 Å². The van der Waals surface area contributed by atoms with Crippen LogP contribution in [0.15, 0.2) is 28.7 Å². The second kappa shape index (κ2) is 8.76. The molecule has 1 fully saturated rings. The molecule has 0 spiro atoms. The Labute approximate surface area is 144 Å². The Morgan fingerprint density at radius 3 is 2.70 bits per heavy atom. The molecule has 1 aromatic rings. The molecule has 7 heteroatoms. The number of piperidine rings is 1. The first kappa shape index (κ1) is 17.6. The van der Waals surface area contributed by atoms with Crippen LogP contribution in [-0.2, 0) is 4.79 Å². The Morgan fingerprint density at radius 1 is 1.30 bits per heavy atom. The molecule has 0 aromatic heterocycles. The quantitative estimate of drug-likeness (QED) is 0.659. The number of benzene rings is 1. The first-order chi connectivity index (χ1) is 11.0. The molecule has 0 atom stereocenters. The van der Waals surface area contributed by atoms with Gasteiger partial charge in [0.05, 0.1) is 0 Å². The van der Waals surface area contributed by atoms with Crippen molar-refractivity contribution in [2.24, 2.45) is 0 Å². The van der Waals surface area contributed by atoms with Gasteiger partial charge in [-0.2, -0.15) is 0 Å². The summed E-state index contributed by atoms with van der Waals surface area (Å²) in [4.78, 5) is 24.2. The Morgan fingerprint density at radius 2 is 2.04 bits per heavy atom. The number of nitrogens with one attached hydrogen (secondary N) is 2. The van der Waals surface area contributed by atoms with E-state index in [0.717, 1.165) is 23.0 Å². The van der Waals surface area contributed by atoms with Crippen molar-refractivity contribution < 1.29 is 14.7 Å². The molecule has 0 unspecified atom stereocenters. The standard InChI is InChI=1S/C16H22BrN3O3/c17-12-3-1-4-14(11-12)19-13-6-9-20(10-7-13)16(23)18-8-2-5-15(21)22/h1,3-4,11,13,19H,2,5-10H2,(H,18,23)(H,21,22). The maximum absolute atomic E-state index is 12.0. The number of aliphatic carboxylic acids is 1. The summed E-state index contributed by atoms with van der Waals surface area (Å²) in [5.74, 6) is -0.835. The number of hydrogen-bond acceptors (Lipinski definition) is 3. The van der Waals surface area contributed by atoms with Crippen molar-refractivity contribution in [1.82, 2.24) is 10.2 Å². The maximum Gasteiger partial charge on any atom is 0.317 e. The maximum atomic E-state index is 12.0. The molecule has 1 aromatic carbocycles. The summed E-state index contributed by atoms with van der Waals surface area (Å²) in [5, 5.41) is 14.8. The summed E-state index contributed by atoms with van der Waals surface area (Å²) in [7, 11) is 0. The van der Waals surface area contributed by atoms with Crippen LogP contribution in [0.4, 0.5) is 10.5 Å². The van der Waals surface area contributed by atoms with Crippen LogP contribution in [0.3, 0.4) is 0 Å². The summed E-state index contributed by atoms with van der Waals surface area (Å²) < 4.78 is 1.04. The molecule has 1 saturated heterocycles. The third-order valence-electron chi connectivity index (χ3n) is 3.82. The predicted molar refractivity (Wildman–Crippen MR) is 92.6 cm³/mol. The number of rotatable bonds is 6. The van der Waals surface area contributed by atoms with Crippen LogP contribution in [0.25, 0.3) is 0 Å². The normalized spacial score (nSPS) is 15.3. The monoisotopic (exact) mass is 383 g/mol. The Kier molecular flexibility index (Phi) is 6.70. The van der Waals surface area contributed by atoms with Crippen molar-refractivity contribution in [3.05, 3.63) is 28.7 Å². The fourth-order valence-electron chi connectivity index (χ4n) is 2.59. The largest absolute Gasteiger partial charge is 0.481 e. The molecule has 3 N–H and O–H groups in total. The van der Waals surface area contributed by atoms with E-state index < -0.39 is 5.97 Å². The number of nitrogens with zero attached hydrogens (tertiary/aromatic N) is 1. The van der Waals surface area contributed by atoms with E-state index in [0.29, 0.717) is 32.1 Å². The lowest BCUT2D eigenvalue weighted by molar-refractivity contribution is -0.137. The van der Waals surface area contributed by atoms with Gasteiger partial charge in [-0.15, -0.1) is 0 Å². The molecule has 1 aliphatic heterocycles. The van der Waals surface area contributed by atoms with Gasteiger partial charge in [-0.3, -0.25) is 4.79 Å². The topological polar surface area (TPSA) is 81.7 Å². The highest BCUT2D eigenvalue weighted by atomic mass is 79.9. The van der Waals surface area contributed by atoms with Gasteiger partial charge in [0.25, 0.3) is 0 Å². The zero-order chi connectivity index (χ0) is 16.7. The van der Waals surface area contributed by atoms with Crippen molar-refractivity contribution in [2.45, 2.75) is 31.7 Å². The number of hydrogen-bond donors (Lipinski definition) is 3. The van der Waals surface area contributed by atoms with Crippen LogP contribution in [0.1, 0.15) is 25.7 Å². The van der Waals surface area contributed by atoms with E-state index in [1.54, 1.807) is 4.90 Å². The third kappa shape index (κ3) is 6.09. The molecular formula is C16H22BrN3O3. The zero-order valence-corrected chi connectivity index (χ0v) is 14.5. The summed E-state index contributed by atoms with van der Waals surface area (Å²) in [6.45, 7) is 1.81. The summed E-state index contributed by atoms with van der Waals surface area (Å²) >= 11 is 3.46. The first-order valence-electron chi connectivity index (χ1n) is 7.81. The van der Waals surface area contributed by atoms with E-state index in [1.807, 2.05) is 24.3 Å². The summed E-state index contributed by atoms with van der Waals surface area (Å²) in [5.41, 5.74) is 1.08. The number of amides is 2. The van der Waals surface area contributed by atoms with Gasteiger partial charge in [-0.25, -0.2) is 4.79 Å². The third-order valence-corrected chi connectivity index (χ3v) is 4.31. The number of halogens is 1. The number of carboxylic acids is 1. The zero-order valence-electron chi connectivity index (χ0n) is 12.9. The molecular weight excluding hydrogens is 362 g/mol. The fourth-order valence-corrected chi connectivity index (χ4v) is 2.99. The number of carbonyl (C=O) groups excluding carboxylic acids is 1. The van der Waals surface area contributed by atoms with Gasteiger partial charge in [0, 0.05) is 42.3 Å². The highest BCUT2D eigenvalue weighted by molar-refractivity contribution is 9.10. The molecule has 6 nitrogen and oxygen atoms in total. The second-order valence-corrected chi connectivity index (χ2v) is 6.56. The van der Waals surface area contributed by atoms with E-state index in [2.05, 4.69) is 26.6 Å². The number of carbonyl (C=O) groups is 2. The van der Waals surface area contributed by atoms with Crippen LogP contribution >= 0.6 is 15.9 Å². The molecule has 1 heterocycles. The number of carboxylic acid groups (broad SMARTS) is 1. The number of likely N-dealkylation sites (tertiary alicyclic amines) is 1. The number of anilines is 1. The van der Waals surface area contributed by atoms with Crippen molar-refractivity contribution in [3.8, 4) is 0 Å². The molecule has 2 rings (SSSR count).